The van der Waals surface area contributed by atoms with E-state index in [9.17, 15) is 0 Å². The van der Waals surface area contributed by atoms with E-state index >= 15 is 0 Å². The van der Waals surface area contributed by atoms with Crippen molar-refractivity contribution in [2.45, 2.75) is 36.1 Å². The van der Waals surface area contributed by atoms with Crippen molar-refractivity contribution in [3.8, 4) is 5.88 Å². The molecule has 2 rings (SSSR count). The van der Waals surface area contributed by atoms with Crippen LogP contribution in [0.2, 0.25) is 0 Å². The number of hydrogen-bond donors (Lipinski definition) is 1. The molecule has 2 heterocycles. The standard InChI is InChI=1S/C12H16N4OS2/c1-3-7-17-11-8(13)5-6-10(15-11)18-12-14-9(4-2)16-19-12/h5-6H,3-4,7,13H2,1-2H3. The summed E-state index contributed by atoms with van der Waals surface area (Å²) >= 11 is 2.87. The first kappa shape index (κ1) is 14.1. The molecule has 0 saturated carbocycles. The molecule has 0 fully saturated rings. The van der Waals surface area contributed by atoms with Gasteiger partial charge >= 0.3 is 0 Å². The Morgan fingerprint density at radius 3 is 2.84 bits per heavy atom. The Bertz CT molecular complexity index is 544. The zero-order chi connectivity index (χ0) is 13.7. The van der Waals surface area contributed by atoms with Crippen LogP contribution in [-0.4, -0.2) is 20.9 Å². The van der Waals surface area contributed by atoms with Crippen LogP contribution in [0.5, 0.6) is 5.88 Å². The van der Waals surface area contributed by atoms with Gasteiger partial charge in [-0.3, -0.25) is 0 Å². The van der Waals surface area contributed by atoms with Gasteiger partial charge in [-0.25, -0.2) is 9.97 Å². The van der Waals surface area contributed by atoms with E-state index < -0.39 is 0 Å². The van der Waals surface area contributed by atoms with Crippen LogP contribution in [0, 0.1) is 0 Å². The maximum absolute atomic E-state index is 5.83. The van der Waals surface area contributed by atoms with Crippen molar-refractivity contribution in [2.75, 3.05) is 12.3 Å². The van der Waals surface area contributed by atoms with E-state index in [4.69, 9.17) is 10.5 Å². The minimum atomic E-state index is 0.493. The molecule has 0 bridgehead atoms. The largest absolute Gasteiger partial charge is 0.476 e. The molecule has 19 heavy (non-hydrogen) atoms. The number of pyridine rings is 1. The number of hydrogen-bond acceptors (Lipinski definition) is 7. The van der Waals surface area contributed by atoms with Crippen LogP contribution in [0.4, 0.5) is 5.69 Å². The molecule has 0 spiro atoms. The summed E-state index contributed by atoms with van der Waals surface area (Å²) in [6, 6.07) is 3.67. The van der Waals surface area contributed by atoms with E-state index in [-0.39, 0.29) is 0 Å². The number of nitrogens with two attached hydrogens (primary N) is 1. The minimum absolute atomic E-state index is 0.493. The normalized spacial score (nSPS) is 10.6. The molecule has 2 aromatic heterocycles. The van der Waals surface area contributed by atoms with Crippen molar-refractivity contribution < 1.29 is 4.74 Å². The summed E-state index contributed by atoms with van der Waals surface area (Å²) in [6.45, 7) is 4.70. The van der Waals surface area contributed by atoms with E-state index in [0.717, 1.165) is 28.0 Å². The molecule has 2 N–H and O–H groups in total. The Balaban J connectivity index is 2.11. The number of anilines is 1. The summed E-state index contributed by atoms with van der Waals surface area (Å²) in [6.07, 6.45) is 1.77. The number of aryl methyl sites for hydroxylation is 1. The van der Waals surface area contributed by atoms with Gasteiger partial charge in [0, 0.05) is 6.42 Å². The van der Waals surface area contributed by atoms with Crippen molar-refractivity contribution in [1.82, 2.24) is 14.3 Å². The molecule has 0 unspecified atom stereocenters. The van der Waals surface area contributed by atoms with Crippen LogP contribution in [0.15, 0.2) is 21.5 Å². The lowest BCUT2D eigenvalue weighted by Crippen LogP contribution is -2.01. The van der Waals surface area contributed by atoms with Gasteiger partial charge in [0.1, 0.15) is 10.9 Å². The SMILES string of the molecule is CCCOc1nc(Sc2nc(CC)ns2)ccc1N. The molecular weight excluding hydrogens is 280 g/mol. The first-order valence-corrected chi connectivity index (χ1v) is 7.71. The summed E-state index contributed by atoms with van der Waals surface area (Å²) in [5.41, 5.74) is 6.39. The van der Waals surface area contributed by atoms with Gasteiger partial charge in [-0.1, -0.05) is 13.8 Å². The van der Waals surface area contributed by atoms with Gasteiger partial charge in [-0.05, 0) is 41.8 Å². The van der Waals surface area contributed by atoms with Crippen LogP contribution in [0.3, 0.4) is 0 Å². The van der Waals surface area contributed by atoms with Gasteiger partial charge in [0.05, 0.1) is 12.3 Å². The van der Waals surface area contributed by atoms with Crippen molar-refractivity contribution in [3.63, 3.8) is 0 Å². The van der Waals surface area contributed by atoms with Crippen LogP contribution in [-0.2, 0) is 6.42 Å². The molecule has 0 aliphatic heterocycles. The van der Waals surface area contributed by atoms with E-state index in [1.165, 1.54) is 23.3 Å². The molecule has 0 atom stereocenters. The van der Waals surface area contributed by atoms with Gasteiger partial charge in [-0.2, -0.15) is 4.37 Å². The first-order valence-electron chi connectivity index (χ1n) is 6.12. The molecule has 0 amide bonds. The molecule has 7 heteroatoms. The Labute approximate surface area is 120 Å². The Hall–Kier alpha value is -1.34. The van der Waals surface area contributed by atoms with E-state index in [1.807, 2.05) is 26.0 Å². The third-order valence-electron chi connectivity index (χ3n) is 2.26. The summed E-state index contributed by atoms with van der Waals surface area (Å²) in [5, 5.41) is 0.819. The second kappa shape index (κ2) is 6.72. The summed E-state index contributed by atoms with van der Waals surface area (Å²) in [5.74, 6) is 1.36. The zero-order valence-corrected chi connectivity index (χ0v) is 12.6. The predicted octanol–water partition coefficient (Wildman–Crippen LogP) is 3.02. The minimum Gasteiger partial charge on any atom is -0.476 e. The summed E-state index contributed by atoms with van der Waals surface area (Å²) in [7, 11) is 0. The van der Waals surface area contributed by atoms with Crippen LogP contribution >= 0.6 is 23.3 Å². The summed E-state index contributed by atoms with van der Waals surface area (Å²) in [4.78, 5) is 8.79. The molecule has 2 aromatic rings. The number of nitrogen functional groups attached to an aromatic ring is 1. The molecule has 0 aliphatic rings. The van der Waals surface area contributed by atoms with Gasteiger partial charge in [0.15, 0.2) is 4.34 Å². The van der Waals surface area contributed by atoms with Crippen molar-refractivity contribution in [3.05, 3.63) is 18.0 Å². The average molecular weight is 296 g/mol. The van der Waals surface area contributed by atoms with Gasteiger partial charge in [0.2, 0.25) is 5.88 Å². The van der Waals surface area contributed by atoms with Crippen LogP contribution in [0.1, 0.15) is 26.1 Å². The number of rotatable bonds is 6. The molecule has 0 aromatic carbocycles. The Morgan fingerprint density at radius 1 is 1.32 bits per heavy atom. The van der Waals surface area contributed by atoms with E-state index in [2.05, 4.69) is 14.3 Å². The van der Waals surface area contributed by atoms with Crippen LogP contribution < -0.4 is 10.5 Å². The topological polar surface area (TPSA) is 73.9 Å². The second-order valence-corrected chi connectivity index (χ2v) is 5.84. The highest BCUT2D eigenvalue weighted by molar-refractivity contribution is 8.00. The van der Waals surface area contributed by atoms with E-state index in [1.54, 1.807) is 0 Å². The number of ether oxygens (including phenoxy) is 1. The molecule has 102 valence electrons. The maximum Gasteiger partial charge on any atom is 0.238 e. The van der Waals surface area contributed by atoms with Crippen molar-refractivity contribution in [1.29, 1.82) is 0 Å². The quantitative estimate of drug-likeness (QED) is 0.883. The van der Waals surface area contributed by atoms with Gasteiger partial charge in [0.25, 0.3) is 0 Å². The molecule has 0 radical (unpaired) electrons. The number of nitrogens with zero attached hydrogens (tertiary/aromatic N) is 3. The maximum atomic E-state index is 5.83. The zero-order valence-electron chi connectivity index (χ0n) is 10.9. The second-order valence-electron chi connectivity index (χ2n) is 3.82. The molecule has 5 nitrogen and oxygen atoms in total. The molecule has 0 saturated heterocycles. The Kier molecular flexibility index (Phi) is 4.98. The highest BCUT2D eigenvalue weighted by atomic mass is 32.2. The lowest BCUT2D eigenvalue weighted by Gasteiger charge is -2.07. The van der Waals surface area contributed by atoms with Crippen molar-refractivity contribution in [2.24, 2.45) is 0 Å². The lowest BCUT2D eigenvalue weighted by molar-refractivity contribution is 0.305. The average Bonchev–Trinajstić information content (AvgIpc) is 2.87. The lowest BCUT2D eigenvalue weighted by atomic mass is 10.4. The highest BCUT2D eigenvalue weighted by Gasteiger charge is 2.09. The third-order valence-corrected chi connectivity index (χ3v) is 3.99. The number of aromatic nitrogens is 3. The van der Waals surface area contributed by atoms with E-state index in [0.29, 0.717) is 18.2 Å². The fraction of sp³-hybridized carbons (Fsp3) is 0.417. The van der Waals surface area contributed by atoms with Gasteiger partial charge in [-0.15, -0.1) is 0 Å². The fourth-order valence-electron chi connectivity index (χ4n) is 1.32. The van der Waals surface area contributed by atoms with Crippen molar-refractivity contribution >= 4 is 29.0 Å². The first-order chi connectivity index (χ1) is 9.22. The predicted molar refractivity (Wildman–Crippen MR) is 77.8 cm³/mol. The van der Waals surface area contributed by atoms with Crippen LogP contribution in [0.25, 0.3) is 0 Å². The van der Waals surface area contributed by atoms with Gasteiger partial charge < -0.3 is 10.5 Å². The third kappa shape index (κ3) is 3.81. The highest BCUT2D eigenvalue weighted by Crippen LogP contribution is 2.30. The molecule has 0 aliphatic carbocycles. The Morgan fingerprint density at radius 2 is 2.16 bits per heavy atom. The molecular formula is C12H16N4OS2. The fourth-order valence-corrected chi connectivity index (χ4v) is 2.93. The monoisotopic (exact) mass is 296 g/mol. The summed E-state index contributed by atoms with van der Waals surface area (Å²) < 4.78 is 10.6. The smallest absolute Gasteiger partial charge is 0.238 e.